The summed E-state index contributed by atoms with van der Waals surface area (Å²) in [5, 5.41) is 19.3. The summed E-state index contributed by atoms with van der Waals surface area (Å²) in [6.07, 6.45) is 3.00. The molecule has 0 spiro atoms. The maximum Gasteiger partial charge on any atom is 0.328 e. The summed E-state index contributed by atoms with van der Waals surface area (Å²) in [7, 11) is 2.45. The molecule has 0 aliphatic rings. The van der Waals surface area contributed by atoms with Crippen molar-refractivity contribution in [3.8, 4) is 5.75 Å². The Balaban J connectivity index is 1.95. The number of nitrogens with one attached hydrogen (secondary N) is 1. The van der Waals surface area contributed by atoms with Crippen LogP contribution in [0.1, 0.15) is 22.5 Å². The SMILES string of the molecule is COC(=O)Cn1cc(C(=O)N[C@@H](CCN=Cc2cccc(O)c2)C(=O)OC)nn1. The summed E-state index contributed by atoms with van der Waals surface area (Å²) < 4.78 is 10.4. The number of aliphatic imine (C=N–C) groups is 1. The number of phenols is 1. The third kappa shape index (κ3) is 6.72. The minimum atomic E-state index is -0.945. The molecule has 0 saturated heterocycles. The Morgan fingerprint density at radius 2 is 2.10 bits per heavy atom. The van der Waals surface area contributed by atoms with Crippen LogP contribution in [0.25, 0.3) is 0 Å². The van der Waals surface area contributed by atoms with Crippen LogP contribution in [0.4, 0.5) is 0 Å². The van der Waals surface area contributed by atoms with Crippen LogP contribution in [0.5, 0.6) is 5.75 Å². The number of methoxy groups -OCH3 is 2. The van der Waals surface area contributed by atoms with E-state index >= 15 is 0 Å². The molecule has 2 rings (SSSR count). The molecule has 2 N–H and O–H groups in total. The van der Waals surface area contributed by atoms with Gasteiger partial charge in [-0.15, -0.1) is 5.10 Å². The van der Waals surface area contributed by atoms with Gasteiger partial charge in [-0.05, 0) is 24.1 Å². The second kappa shape index (κ2) is 10.5. The van der Waals surface area contributed by atoms with E-state index in [0.29, 0.717) is 5.56 Å². The molecule has 0 unspecified atom stereocenters. The number of aromatic hydroxyl groups is 1. The van der Waals surface area contributed by atoms with Crippen molar-refractivity contribution in [2.24, 2.45) is 4.99 Å². The number of aromatic nitrogens is 3. The second-order valence-corrected chi connectivity index (χ2v) is 5.85. The molecule has 2 aromatic rings. The van der Waals surface area contributed by atoms with Gasteiger partial charge >= 0.3 is 11.9 Å². The van der Waals surface area contributed by atoms with Crippen molar-refractivity contribution in [1.82, 2.24) is 20.3 Å². The van der Waals surface area contributed by atoms with Gasteiger partial charge < -0.3 is 19.9 Å². The zero-order chi connectivity index (χ0) is 21.2. The lowest BCUT2D eigenvalue weighted by atomic mass is 10.2. The summed E-state index contributed by atoms with van der Waals surface area (Å²) >= 11 is 0. The lowest BCUT2D eigenvalue weighted by molar-refractivity contribution is -0.143. The summed E-state index contributed by atoms with van der Waals surface area (Å²) in [6, 6.07) is 5.59. The van der Waals surface area contributed by atoms with Crippen molar-refractivity contribution in [1.29, 1.82) is 0 Å². The smallest absolute Gasteiger partial charge is 0.328 e. The minimum absolute atomic E-state index is 0.0638. The molecule has 1 aromatic heterocycles. The molecular weight excluding hydrogens is 382 g/mol. The molecule has 0 aliphatic carbocycles. The number of phenolic OH excluding ortho intramolecular Hbond substituents is 1. The summed E-state index contributed by atoms with van der Waals surface area (Å²) in [5.74, 6) is -1.70. The Bertz CT molecular complexity index is 894. The van der Waals surface area contributed by atoms with E-state index in [1.54, 1.807) is 30.5 Å². The molecule has 1 aromatic carbocycles. The number of esters is 2. The van der Waals surface area contributed by atoms with E-state index in [0.717, 1.165) is 4.68 Å². The van der Waals surface area contributed by atoms with Crippen LogP contribution in [0, 0.1) is 0 Å². The van der Waals surface area contributed by atoms with E-state index in [4.69, 9.17) is 4.74 Å². The monoisotopic (exact) mass is 403 g/mol. The largest absolute Gasteiger partial charge is 0.508 e. The summed E-state index contributed by atoms with van der Waals surface area (Å²) in [4.78, 5) is 39.7. The normalized spacial score (nSPS) is 11.8. The molecule has 0 radical (unpaired) electrons. The molecule has 0 saturated carbocycles. The molecular formula is C18H21N5O6. The lowest BCUT2D eigenvalue weighted by Crippen LogP contribution is -2.42. The maximum atomic E-state index is 12.3. The highest BCUT2D eigenvalue weighted by Gasteiger charge is 2.23. The van der Waals surface area contributed by atoms with E-state index in [9.17, 15) is 19.5 Å². The molecule has 1 heterocycles. The van der Waals surface area contributed by atoms with Crippen LogP contribution in [-0.4, -0.2) is 71.0 Å². The third-order valence-electron chi connectivity index (χ3n) is 3.74. The third-order valence-corrected chi connectivity index (χ3v) is 3.74. The van der Waals surface area contributed by atoms with E-state index in [-0.39, 0.29) is 31.0 Å². The predicted octanol–water partition coefficient (Wildman–Crippen LogP) is -0.0627. The van der Waals surface area contributed by atoms with Crippen LogP contribution in [0.3, 0.4) is 0 Å². The lowest BCUT2D eigenvalue weighted by Gasteiger charge is -2.14. The first-order valence-electron chi connectivity index (χ1n) is 8.57. The van der Waals surface area contributed by atoms with Gasteiger partial charge in [0.2, 0.25) is 0 Å². The predicted molar refractivity (Wildman–Crippen MR) is 100 cm³/mol. The molecule has 1 amide bonds. The molecule has 0 bridgehead atoms. The van der Waals surface area contributed by atoms with E-state index in [1.165, 1.54) is 20.4 Å². The fraction of sp³-hybridized carbons (Fsp3) is 0.333. The number of benzene rings is 1. The standard InChI is InChI=1S/C18H21N5O6/c1-28-16(25)11-23-10-15(21-22-23)17(26)20-14(18(27)29-2)6-7-19-9-12-4-3-5-13(24)8-12/h3-5,8-10,14,24H,6-7,11H2,1-2H3,(H,20,26)/t14-/m0/s1. The number of amides is 1. The van der Waals surface area contributed by atoms with Crippen LogP contribution >= 0.6 is 0 Å². The molecule has 11 nitrogen and oxygen atoms in total. The van der Waals surface area contributed by atoms with Gasteiger partial charge in [0.1, 0.15) is 18.3 Å². The highest BCUT2D eigenvalue weighted by atomic mass is 16.5. The fourth-order valence-electron chi connectivity index (χ4n) is 2.28. The van der Waals surface area contributed by atoms with Crippen LogP contribution in [0.15, 0.2) is 35.5 Å². The summed E-state index contributed by atoms with van der Waals surface area (Å²) in [6.45, 7) is 0.0334. The van der Waals surface area contributed by atoms with Crippen molar-refractivity contribution >= 4 is 24.1 Å². The topological polar surface area (TPSA) is 145 Å². The van der Waals surface area contributed by atoms with Crippen LogP contribution in [0.2, 0.25) is 0 Å². The average molecular weight is 403 g/mol. The first-order valence-corrected chi connectivity index (χ1v) is 8.57. The molecule has 1 atom stereocenters. The molecule has 0 fully saturated rings. The Morgan fingerprint density at radius 1 is 1.31 bits per heavy atom. The van der Waals surface area contributed by atoms with Crippen LogP contribution in [-0.2, 0) is 25.6 Å². The zero-order valence-corrected chi connectivity index (χ0v) is 15.9. The van der Waals surface area contributed by atoms with E-state index in [2.05, 4.69) is 25.4 Å². The second-order valence-electron chi connectivity index (χ2n) is 5.85. The number of hydrogen-bond donors (Lipinski definition) is 2. The Morgan fingerprint density at radius 3 is 2.79 bits per heavy atom. The molecule has 154 valence electrons. The first-order chi connectivity index (χ1) is 13.9. The number of ether oxygens (including phenoxy) is 2. The van der Waals surface area contributed by atoms with Gasteiger partial charge in [-0.3, -0.25) is 14.6 Å². The average Bonchev–Trinajstić information content (AvgIpc) is 3.18. The number of carbonyl (C=O) groups excluding carboxylic acids is 3. The van der Waals surface area contributed by atoms with Crippen LogP contribution < -0.4 is 5.32 Å². The Labute approximate surface area is 166 Å². The van der Waals surface area contributed by atoms with Crippen molar-refractivity contribution in [3.05, 3.63) is 41.7 Å². The number of carbonyl (C=O) groups is 3. The van der Waals surface area contributed by atoms with Gasteiger partial charge in [0.15, 0.2) is 5.69 Å². The molecule has 11 heteroatoms. The maximum absolute atomic E-state index is 12.3. The Kier molecular flexibility index (Phi) is 7.83. The highest BCUT2D eigenvalue weighted by Crippen LogP contribution is 2.09. The molecule has 29 heavy (non-hydrogen) atoms. The van der Waals surface area contributed by atoms with Gasteiger partial charge in [-0.2, -0.15) is 0 Å². The first kappa shape index (κ1) is 21.5. The van der Waals surface area contributed by atoms with Crippen molar-refractivity contribution in [2.75, 3.05) is 20.8 Å². The van der Waals surface area contributed by atoms with Gasteiger partial charge in [0, 0.05) is 12.8 Å². The van der Waals surface area contributed by atoms with Gasteiger partial charge in [0.05, 0.1) is 20.4 Å². The van der Waals surface area contributed by atoms with E-state index < -0.39 is 23.9 Å². The summed E-state index contributed by atoms with van der Waals surface area (Å²) in [5.41, 5.74) is 0.636. The number of nitrogens with zero attached hydrogens (tertiary/aromatic N) is 4. The van der Waals surface area contributed by atoms with Crippen molar-refractivity contribution < 1.29 is 29.0 Å². The van der Waals surface area contributed by atoms with Crippen molar-refractivity contribution in [2.45, 2.75) is 19.0 Å². The van der Waals surface area contributed by atoms with Gasteiger partial charge in [-0.1, -0.05) is 17.3 Å². The highest BCUT2D eigenvalue weighted by molar-refractivity contribution is 5.95. The molecule has 0 aliphatic heterocycles. The Hall–Kier alpha value is -3.76. The quantitative estimate of drug-likeness (QED) is 0.437. The van der Waals surface area contributed by atoms with Gasteiger partial charge in [0.25, 0.3) is 5.91 Å². The zero-order valence-electron chi connectivity index (χ0n) is 15.9. The minimum Gasteiger partial charge on any atom is -0.508 e. The van der Waals surface area contributed by atoms with Gasteiger partial charge in [-0.25, -0.2) is 9.48 Å². The van der Waals surface area contributed by atoms with E-state index in [1.807, 2.05) is 0 Å². The van der Waals surface area contributed by atoms with Crippen molar-refractivity contribution in [3.63, 3.8) is 0 Å². The number of rotatable bonds is 9. The number of hydrogen-bond acceptors (Lipinski definition) is 9. The fourth-order valence-corrected chi connectivity index (χ4v) is 2.28.